The third-order valence-corrected chi connectivity index (χ3v) is 2.87. The molecule has 0 N–H and O–H groups in total. The van der Waals surface area contributed by atoms with Gasteiger partial charge in [-0.25, -0.2) is 0 Å². The van der Waals surface area contributed by atoms with E-state index in [1.54, 1.807) is 37.6 Å². The molecule has 0 saturated carbocycles. The summed E-state index contributed by atoms with van der Waals surface area (Å²) in [7, 11) is 3.10. The van der Waals surface area contributed by atoms with Crippen molar-refractivity contribution in [1.82, 2.24) is 4.98 Å². The van der Waals surface area contributed by atoms with Gasteiger partial charge in [0.1, 0.15) is 5.69 Å². The van der Waals surface area contributed by atoms with E-state index in [0.29, 0.717) is 22.8 Å². The first kappa shape index (κ1) is 13.1. The fourth-order valence-electron chi connectivity index (χ4n) is 1.84. The molecule has 0 spiro atoms. The molecule has 0 saturated heterocycles. The van der Waals surface area contributed by atoms with Gasteiger partial charge in [-0.3, -0.25) is 9.78 Å². The van der Waals surface area contributed by atoms with E-state index in [-0.39, 0.29) is 5.78 Å². The van der Waals surface area contributed by atoms with Crippen molar-refractivity contribution in [3.8, 4) is 11.5 Å². The molecule has 0 fully saturated rings. The zero-order valence-electron chi connectivity index (χ0n) is 11.1. The van der Waals surface area contributed by atoms with Crippen molar-refractivity contribution < 1.29 is 14.3 Å². The van der Waals surface area contributed by atoms with Gasteiger partial charge in [0.15, 0.2) is 11.5 Å². The number of benzene rings is 1. The van der Waals surface area contributed by atoms with E-state index in [1.807, 2.05) is 13.0 Å². The maximum absolute atomic E-state index is 12.4. The summed E-state index contributed by atoms with van der Waals surface area (Å²) in [5.74, 6) is 0.998. The molecule has 0 bridgehead atoms. The van der Waals surface area contributed by atoms with Crippen molar-refractivity contribution in [2.45, 2.75) is 6.92 Å². The van der Waals surface area contributed by atoms with Gasteiger partial charge in [0.2, 0.25) is 5.78 Å². The highest BCUT2D eigenvalue weighted by Crippen LogP contribution is 2.28. The lowest BCUT2D eigenvalue weighted by atomic mass is 10.0. The molecular weight excluding hydrogens is 242 g/mol. The fourth-order valence-corrected chi connectivity index (χ4v) is 1.84. The topological polar surface area (TPSA) is 48.4 Å². The second kappa shape index (κ2) is 5.52. The highest BCUT2D eigenvalue weighted by atomic mass is 16.5. The quantitative estimate of drug-likeness (QED) is 0.790. The van der Waals surface area contributed by atoms with Gasteiger partial charge in [-0.1, -0.05) is 6.07 Å². The molecule has 0 aliphatic heterocycles. The van der Waals surface area contributed by atoms with E-state index in [2.05, 4.69) is 4.98 Å². The lowest BCUT2D eigenvalue weighted by Crippen LogP contribution is -2.06. The molecular formula is C15H15NO3. The minimum atomic E-state index is -0.126. The number of aryl methyl sites for hydroxylation is 1. The van der Waals surface area contributed by atoms with Crippen molar-refractivity contribution in [2.24, 2.45) is 0 Å². The molecule has 1 aromatic carbocycles. The van der Waals surface area contributed by atoms with Gasteiger partial charge in [0.25, 0.3) is 0 Å². The van der Waals surface area contributed by atoms with E-state index in [1.165, 1.54) is 7.11 Å². The number of nitrogens with zero attached hydrogens (tertiary/aromatic N) is 1. The third kappa shape index (κ3) is 2.57. The lowest BCUT2D eigenvalue weighted by molar-refractivity contribution is 0.103. The second-order valence-electron chi connectivity index (χ2n) is 4.07. The number of ether oxygens (including phenoxy) is 2. The van der Waals surface area contributed by atoms with Crippen molar-refractivity contribution in [3.05, 3.63) is 53.3 Å². The lowest BCUT2D eigenvalue weighted by Gasteiger charge is -2.09. The Morgan fingerprint density at radius 2 is 1.84 bits per heavy atom. The average Bonchev–Trinajstić information content (AvgIpc) is 2.46. The van der Waals surface area contributed by atoms with Crippen molar-refractivity contribution in [1.29, 1.82) is 0 Å². The molecule has 1 aromatic heterocycles. The first-order valence-electron chi connectivity index (χ1n) is 5.85. The smallest absolute Gasteiger partial charge is 0.211 e. The van der Waals surface area contributed by atoms with Gasteiger partial charge >= 0.3 is 0 Å². The molecule has 2 aromatic rings. The highest BCUT2D eigenvalue weighted by molar-refractivity contribution is 6.08. The molecule has 1 heterocycles. The minimum Gasteiger partial charge on any atom is -0.493 e. The van der Waals surface area contributed by atoms with Crippen LogP contribution in [0.15, 0.2) is 36.5 Å². The van der Waals surface area contributed by atoms with Crippen LogP contribution in [0.25, 0.3) is 0 Å². The van der Waals surface area contributed by atoms with E-state index >= 15 is 0 Å². The van der Waals surface area contributed by atoms with Crippen molar-refractivity contribution in [2.75, 3.05) is 14.2 Å². The zero-order chi connectivity index (χ0) is 13.8. The molecule has 0 atom stereocenters. The molecule has 0 unspecified atom stereocenters. The third-order valence-electron chi connectivity index (χ3n) is 2.87. The van der Waals surface area contributed by atoms with Crippen molar-refractivity contribution >= 4 is 5.78 Å². The van der Waals surface area contributed by atoms with E-state index in [9.17, 15) is 4.79 Å². The van der Waals surface area contributed by atoms with Gasteiger partial charge in [-0.15, -0.1) is 0 Å². The van der Waals surface area contributed by atoms with Crippen LogP contribution in [0.5, 0.6) is 11.5 Å². The maximum Gasteiger partial charge on any atom is 0.211 e. The van der Waals surface area contributed by atoms with Gasteiger partial charge in [0, 0.05) is 11.8 Å². The van der Waals surface area contributed by atoms with Crippen LogP contribution in [-0.4, -0.2) is 25.0 Å². The molecule has 0 radical (unpaired) electrons. The molecule has 0 aliphatic carbocycles. The van der Waals surface area contributed by atoms with Crippen molar-refractivity contribution in [3.63, 3.8) is 0 Å². The molecule has 2 rings (SSSR count). The van der Waals surface area contributed by atoms with Crippen LogP contribution in [0.4, 0.5) is 0 Å². The molecule has 4 nitrogen and oxygen atoms in total. The number of carbonyl (C=O) groups is 1. The normalized spacial score (nSPS) is 10.1. The van der Waals surface area contributed by atoms with Gasteiger partial charge in [0.05, 0.1) is 14.2 Å². The number of methoxy groups -OCH3 is 2. The van der Waals surface area contributed by atoms with Crippen LogP contribution in [0, 0.1) is 6.92 Å². The van der Waals surface area contributed by atoms with E-state index < -0.39 is 0 Å². The fraction of sp³-hybridized carbons (Fsp3) is 0.200. The van der Waals surface area contributed by atoms with Crippen LogP contribution < -0.4 is 9.47 Å². The standard InChI is InChI=1S/C15H15NO3/c1-10-5-4-8-16-14(10)15(17)11-6-7-12(18-2)13(9-11)19-3/h4-9H,1-3H3. The Bertz CT molecular complexity index is 608. The second-order valence-corrected chi connectivity index (χ2v) is 4.07. The maximum atomic E-state index is 12.4. The van der Waals surface area contributed by atoms with Gasteiger partial charge < -0.3 is 9.47 Å². The zero-order valence-corrected chi connectivity index (χ0v) is 11.1. The Balaban J connectivity index is 2.42. The highest BCUT2D eigenvalue weighted by Gasteiger charge is 2.15. The Morgan fingerprint density at radius 3 is 2.47 bits per heavy atom. The number of carbonyl (C=O) groups excluding carboxylic acids is 1. The largest absolute Gasteiger partial charge is 0.493 e. The van der Waals surface area contributed by atoms with Crippen LogP contribution >= 0.6 is 0 Å². The first-order chi connectivity index (χ1) is 9.17. The summed E-state index contributed by atoms with van der Waals surface area (Å²) in [6, 6.07) is 8.75. The number of aromatic nitrogens is 1. The summed E-state index contributed by atoms with van der Waals surface area (Å²) < 4.78 is 10.3. The van der Waals surface area contributed by atoms with Crippen LogP contribution in [0.2, 0.25) is 0 Å². The van der Waals surface area contributed by atoms with Crippen LogP contribution in [0.1, 0.15) is 21.6 Å². The summed E-state index contributed by atoms with van der Waals surface area (Å²) in [4.78, 5) is 16.5. The Hall–Kier alpha value is -2.36. The summed E-state index contributed by atoms with van der Waals surface area (Å²) in [5, 5.41) is 0. The van der Waals surface area contributed by atoms with E-state index in [0.717, 1.165) is 5.56 Å². The monoisotopic (exact) mass is 257 g/mol. The van der Waals surface area contributed by atoms with E-state index in [4.69, 9.17) is 9.47 Å². The van der Waals surface area contributed by atoms with Gasteiger partial charge in [-0.2, -0.15) is 0 Å². The van der Waals surface area contributed by atoms with Gasteiger partial charge in [-0.05, 0) is 36.8 Å². The Kier molecular flexibility index (Phi) is 3.80. The SMILES string of the molecule is COc1ccc(C(=O)c2ncccc2C)cc1OC. The van der Waals surface area contributed by atoms with Crippen LogP contribution in [-0.2, 0) is 0 Å². The number of rotatable bonds is 4. The summed E-state index contributed by atoms with van der Waals surface area (Å²) in [6.07, 6.45) is 1.61. The summed E-state index contributed by atoms with van der Waals surface area (Å²) in [6.45, 7) is 1.86. The first-order valence-corrected chi connectivity index (χ1v) is 5.85. The molecule has 0 aliphatic rings. The summed E-state index contributed by atoms with van der Waals surface area (Å²) >= 11 is 0. The molecule has 98 valence electrons. The predicted octanol–water partition coefficient (Wildman–Crippen LogP) is 2.64. The average molecular weight is 257 g/mol. The number of pyridine rings is 1. The Labute approximate surface area is 112 Å². The molecule has 4 heteroatoms. The molecule has 19 heavy (non-hydrogen) atoms. The predicted molar refractivity (Wildman–Crippen MR) is 72.0 cm³/mol. The number of ketones is 1. The Morgan fingerprint density at radius 1 is 1.11 bits per heavy atom. The minimum absolute atomic E-state index is 0.126. The summed E-state index contributed by atoms with van der Waals surface area (Å²) in [5.41, 5.74) is 1.83. The number of hydrogen-bond donors (Lipinski definition) is 0. The van der Waals surface area contributed by atoms with Crippen LogP contribution in [0.3, 0.4) is 0 Å². The molecule has 0 amide bonds. The number of hydrogen-bond acceptors (Lipinski definition) is 4.